The third kappa shape index (κ3) is 3.07. The molecule has 0 heterocycles. The Labute approximate surface area is 103 Å². The van der Waals surface area contributed by atoms with Crippen LogP contribution in [0.2, 0.25) is 0 Å². The van der Waals surface area contributed by atoms with Gasteiger partial charge in [0.1, 0.15) is 0 Å². The predicted octanol–water partition coefficient (Wildman–Crippen LogP) is 3.71. The molecule has 0 bridgehead atoms. The van der Waals surface area contributed by atoms with Crippen molar-refractivity contribution in [2.45, 2.75) is 25.7 Å². The molecule has 1 aromatic rings. The normalized spacial score (nSPS) is 16.2. The molecule has 0 aliphatic heterocycles. The molecule has 0 aromatic heterocycles. The van der Waals surface area contributed by atoms with Crippen LogP contribution in [-0.2, 0) is 0 Å². The van der Waals surface area contributed by atoms with Crippen LogP contribution in [0.3, 0.4) is 0 Å². The second-order valence-corrected chi connectivity index (χ2v) is 4.50. The fourth-order valence-corrected chi connectivity index (χ4v) is 2.23. The van der Waals surface area contributed by atoms with Crippen molar-refractivity contribution in [1.29, 1.82) is 0 Å². The van der Waals surface area contributed by atoms with Gasteiger partial charge in [0.25, 0.3) is 0 Å². The minimum absolute atomic E-state index is 0.253. The van der Waals surface area contributed by atoms with Crippen LogP contribution in [0.25, 0.3) is 6.08 Å². The fourth-order valence-electron chi connectivity index (χ4n) is 2.23. The maximum Gasteiger partial charge on any atom is 0.235 e. The summed E-state index contributed by atoms with van der Waals surface area (Å²) in [6.07, 6.45) is 14.8. The SMILES string of the molecule is C#CC(=O)c1ccc(/C=C/C2CCCC2)cc1. The number of Topliss-reactive ketones (excluding diaryl/α,β-unsaturated/α-hetero) is 1. The quantitative estimate of drug-likeness (QED) is 0.434. The fraction of sp³-hybridized carbons (Fsp3) is 0.312. The zero-order chi connectivity index (χ0) is 12.1. The Morgan fingerprint density at radius 2 is 1.88 bits per heavy atom. The van der Waals surface area contributed by atoms with E-state index in [0.29, 0.717) is 5.56 Å². The lowest BCUT2D eigenvalue weighted by Crippen LogP contribution is -1.93. The van der Waals surface area contributed by atoms with E-state index in [1.54, 1.807) is 12.1 Å². The van der Waals surface area contributed by atoms with Crippen molar-refractivity contribution < 1.29 is 4.79 Å². The zero-order valence-corrected chi connectivity index (χ0v) is 9.86. The molecule has 1 heteroatoms. The highest BCUT2D eigenvalue weighted by atomic mass is 16.1. The molecule has 2 rings (SSSR count). The van der Waals surface area contributed by atoms with Crippen molar-refractivity contribution in [2.24, 2.45) is 5.92 Å². The van der Waals surface area contributed by atoms with E-state index in [-0.39, 0.29) is 5.78 Å². The van der Waals surface area contributed by atoms with E-state index < -0.39 is 0 Å². The van der Waals surface area contributed by atoms with Gasteiger partial charge in [0.05, 0.1) is 0 Å². The van der Waals surface area contributed by atoms with E-state index in [9.17, 15) is 4.79 Å². The molecule has 0 radical (unpaired) electrons. The Bertz CT molecular complexity index is 453. The van der Waals surface area contributed by atoms with Crippen LogP contribution in [0, 0.1) is 18.3 Å². The molecule has 0 N–H and O–H groups in total. The molecule has 17 heavy (non-hydrogen) atoms. The van der Waals surface area contributed by atoms with Crippen LogP contribution in [0.4, 0.5) is 0 Å². The summed E-state index contributed by atoms with van der Waals surface area (Å²) in [5.41, 5.74) is 1.72. The highest BCUT2D eigenvalue weighted by Gasteiger charge is 2.10. The third-order valence-corrected chi connectivity index (χ3v) is 3.26. The predicted molar refractivity (Wildman–Crippen MR) is 70.6 cm³/mol. The molecule has 1 nitrogen and oxygen atoms in total. The number of hydrogen-bond acceptors (Lipinski definition) is 1. The lowest BCUT2D eigenvalue weighted by Gasteiger charge is -2.00. The third-order valence-electron chi connectivity index (χ3n) is 3.26. The van der Waals surface area contributed by atoms with Gasteiger partial charge in [0.15, 0.2) is 0 Å². The Kier molecular flexibility index (Phi) is 3.77. The zero-order valence-electron chi connectivity index (χ0n) is 9.86. The van der Waals surface area contributed by atoms with Crippen molar-refractivity contribution in [3.63, 3.8) is 0 Å². The van der Waals surface area contributed by atoms with E-state index in [2.05, 4.69) is 18.1 Å². The van der Waals surface area contributed by atoms with Gasteiger partial charge < -0.3 is 0 Å². The molecule has 1 aromatic carbocycles. The van der Waals surface area contributed by atoms with Crippen LogP contribution in [0.5, 0.6) is 0 Å². The minimum atomic E-state index is -0.253. The molecular formula is C16H16O. The molecule has 0 spiro atoms. The Balaban J connectivity index is 2.03. The molecule has 1 fully saturated rings. The van der Waals surface area contributed by atoms with Crippen molar-refractivity contribution in [1.82, 2.24) is 0 Å². The van der Waals surface area contributed by atoms with Crippen LogP contribution in [0.1, 0.15) is 41.6 Å². The van der Waals surface area contributed by atoms with Crippen molar-refractivity contribution in [3.8, 4) is 12.3 Å². The van der Waals surface area contributed by atoms with E-state index in [1.807, 2.05) is 12.1 Å². The highest BCUT2D eigenvalue weighted by Crippen LogP contribution is 2.26. The number of rotatable bonds is 3. The molecule has 0 unspecified atom stereocenters. The van der Waals surface area contributed by atoms with Crippen LogP contribution in [-0.4, -0.2) is 5.78 Å². The largest absolute Gasteiger partial charge is 0.279 e. The van der Waals surface area contributed by atoms with Crippen molar-refractivity contribution in [2.75, 3.05) is 0 Å². The van der Waals surface area contributed by atoms with Crippen molar-refractivity contribution in [3.05, 3.63) is 41.5 Å². The Hall–Kier alpha value is -1.81. The summed E-state index contributed by atoms with van der Waals surface area (Å²) in [5, 5.41) is 0. The van der Waals surface area contributed by atoms with Gasteiger partial charge in [-0.15, -0.1) is 6.42 Å². The molecule has 1 aliphatic carbocycles. The lowest BCUT2D eigenvalue weighted by atomic mass is 10.0. The number of terminal acetylenes is 1. The van der Waals surface area contributed by atoms with E-state index in [0.717, 1.165) is 11.5 Å². The molecule has 1 aliphatic rings. The first-order valence-electron chi connectivity index (χ1n) is 6.09. The minimum Gasteiger partial charge on any atom is -0.279 e. The average molecular weight is 224 g/mol. The maximum atomic E-state index is 11.2. The smallest absolute Gasteiger partial charge is 0.235 e. The number of allylic oxidation sites excluding steroid dienone is 1. The van der Waals surface area contributed by atoms with Crippen LogP contribution < -0.4 is 0 Å². The van der Waals surface area contributed by atoms with E-state index in [1.165, 1.54) is 25.7 Å². The lowest BCUT2D eigenvalue weighted by molar-refractivity contribution is 0.105. The summed E-state index contributed by atoms with van der Waals surface area (Å²) in [5.74, 6) is 2.61. The number of carbonyl (C=O) groups excluding carboxylic acids is 1. The summed E-state index contributed by atoms with van der Waals surface area (Å²) >= 11 is 0. The first kappa shape index (κ1) is 11.7. The van der Waals surface area contributed by atoms with E-state index >= 15 is 0 Å². The van der Waals surface area contributed by atoms with Gasteiger partial charge in [0, 0.05) is 5.56 Å². The van der Waals surface area contributed by atoms with Gasteiger partial charge >= 0.3 is 0 Å². The first-order chi connectivity index (χ1) is 8.29. The molecular weight excluding hydrogens is 208 g/mol. The summed E-state index contributed by atoms with van der Waals surface area (Å²) in [4.78, 5) is 11.2. The van der Waals surface area contributed by atoms with Gasteiger partial charge in [-0.2, -0.15) is 0 Å². The molecule has 86 valence electrons. The van der Waals surface area contributed by atoms with Crippen LogP contribution in [0.15, 0.2) is 30.3 Å². The molecule has 0 atom stereocenters. The standard InChI is InChI=1S/C16H16O/c1-2-16(17)15-11-9-14(10-12-15)8-7-13-5-3-4-6-13/h1,7-13H,3-6H2/b8-7+. The molecule has 1 saturated carbocycles. The first-order valence-corrected chi connectivity index (χ1v) is 6.09. The Morgan fingerprint density at radius 3 is 2.47 bits per heavy atom. The van der Waals surface area contributed by atoms with Crippen molar-refractivity contribution >= 4 is 11.9 Å². The van der Waals surface area contributed by atoms with Gasteiger partial charge in [-0.05, 0) is 42.4 Å². The summed E-state index contributed by atoms with van der Waals surface area (Å²) in [6.45, 7) is 0. The summed E-state index contributed by atoms with van der Waals surface area (Å²) in [7, 11) is 0. The monoisotopic (exact) mass is 224 g/mol. The molecule has 0 saturated heterocycles. The number of hydrogen-bond donors (Lipinski definition) is 0. The Morgan fingerprint density at radius 1 is 1.24 bits per heavy atom. The number of ketones is 1. The van der Waals surface area contributed by atoms with Gasteiger partial charge in [-0.1, -0.05) is 37.1 Å². The number of benzene rings is 1. The maximum absolute atomic E-state index is 11.2. The van der Waals surface area contributed by atoms with Gasteiger partial charge in [0.2, 0.25) is 5.78 Å². The average Bonchev–Trinajstić information content (AvgIpc) is 2.89. The summed E-state index contributed by atoms with van der Waals surface area (Å²) in [6, 6.07) is 7.46. The van der Waals surface area contributed by atoms with Gasteiger partial charge in [-0.25, -0.2) is 0 Å². The second kappa shape index (κ2) is 5.50. The highest BCUT2D eigenvalue weighted by molar-refractivity contribution is 6.08. The summed E-state index contributed by atoms with van der Waals surface area (Å²) < 4.78 is 0. The van der Waals surface area contributed by atoms with E-state index in [4.69, 9.17) is 6.42 Å². The van der Waals surface area contributed by atoms with Gasteiger partial charge in [-0.3, -0.25) is 4.79 Å². The topological polar surface area (TPSA) is 17.1 Å². The second-order valence-electron chi connectivity index (χ2n) is 4.50. The number of carbonyl (C=O) groups is 1. The van der Waals surface area contributed by atoms with Crippen LogP contribution >= 0.6 is 0 Å². The molecule has 0 amide bonds.